The number of para-hydroxylation sites is 1. The maximum absolute atomic E-state index is 13.0. The maximum atomic E-state index is 13.0. The molecule has 1 atom stereocenters. The molecule has 2 aromatic rings. The summed E-state index contributed by atoms with van der Waals surface area (Å²) < 4.78 is 27.1. The quantitative estimate of drug-likeness (QED) is 0.806. The minimum absolute atomic E-state index is 0.0961. The number of pyridine rings is 1. The van der Waals surface area contributed by atoms with E-state index in [9.17, 15) is 13.2 Å². The van der Waals surface area contributed by atoms with Crippen LogP contribution >= 0.6 is 0 Å². The molecule has 0 saturated carbocycles. The molecular formula is C14H16N4O3S. The Hall–Kier alpha value is -2.03. The molecule has 0 bridgehead atoms. The number of nitrogens with two attached hydrogens (primary N) is 1. The van der Waals surface area contributed by atoms with Gasteiger partial charge in [-0.05, 0) is 12.1 Å². The number of nitrogens with zero attached hydrogens (tertiary/aromatic N) is 2. The summed E-state index contributed by atoms with van der Waals surface area (Å²) in [6.45, 7) is 0.882. The zero-order valence-corrected chi connectivity index (χ0v) is 12.6. The first-order valence-corrected chi connectivity index (χ1v) is 8.31. The van der Waals surface area contributed by atoms with Gasteiger partial charge in [0.25, 0.3) is 0 Å². The van der Waals surface area contributed by atoms with Crippen molar-refractivity contribution in [2.24, 2.45) is 5.73 Å². The number of primary amides is 1. The molecule has 1 saturated heterocycles. The van der Waals surface area contributed by atoms with Gasteiger partial charge >= 0.3 is 0 Å². The van der Waals surface area contributed by atoms with Gasteiger partial charge in [0.1, 0.15) is 10.9 Å². The fourth-order valence-corrected chi connectivity index (χ4v) is 4.39. The van der Waals surface area contributed by atoms with Gasteiger partial charge in [0.2, 0.25) is 15.9 Å². The predicted octanol–water partition coefficient (Wildman–Crippen LogP) is -0.317. The molecular weight excluding hydrogens is 304 g/mol. The van der Waals surface area contributed by atoms with E-state index in [0.717, 1.165) is 9.69 Å². The fourth-order valence-electron chi connectivity index (χ4n) is 2.63. The van der Waals surface area contributed by atoms with Crippen LogP contribution in [0.15, 0.2) is 41.4 Å². The number of carbonyl (C=O) groups is 1. The number of rotatable bonds is 3. The number of aromatic nitrogens is 1. The molecule has 3 N–H and O–H groups in total. The third-order valence-corrected chi connectivity index (χ3v) is 5.64. The van der Waals surface area contributed by atoms with E-state index in [0.29, 0.717) is 12.1 Å². The molecule has 8 heteroatoms. The largest absolute Gasteiger partial charge is 0.368 e. The fraction of sp³-hybridized carbons (Fsp3) is 0.286. The Balaban J connectivity index is 2.13. The van der Waals surface area contributed by atoms with Crippen molar-refractivity contribution in [1.82, 2.24) is 14.6 Å². The summed E-state index contributed by atoms with van der Waals surface area (Å²) in [6.07, 6.45) is 1.55. The molecule has 1 aromatic carbocycles. The zero-order valence-electron chi connectivity index (χ0n) is 11.8. The lowest BCUT2D eigenvalue weighted by Crippen LogP contribution is -2.58. The minimum atomic E-state index is -3.85. The molecule has 1 aliphatic heterocycles. The third kappa shape index (κ3) is 2.45. The zero-order chi connectivity index (χ0) is 15.7. The van der Waals surface area contributed by atoms with Gasteiger partial charge in [-0.2, -0.15) is 4.31 Å². The van der Waals surface area contributed by atoms with Crippen LogP contribution < -0.4 is 11.1 Å². The Labute approximate surface area is 128 Å². The van der Waals surface area contributed by atoms with Crippen molar-refractivity contribution in [3.05, 3.63) is 36.5 Å². The van der Waals surface area contributed by atoms with Crippen molar-refractivity contribution in [3.8, 4) is 0 Å². The van der Waals surface area contributed by atoms with Gasteiger partial charge in [0.05, 0.1) is 5.52 Å². The highest BCUT2D eigenvalue weighted by atomic mass is 32.2. The molecule has 3 rings (SSSR count). The van der Waals surface area contributed by atoms with E-state index in [1.807, 2.05) is 0 Å². The molecule has 0 spiro atoms. The third-order valence-electron chi connectivity index (χ3n) is 3.71. The number of fused-ring (bicyclic) bond motifs is 1. The molecule has 2 heterocycles. The summed E-state index contributed by atoms with van der Waals surface area (Å²) in [5.41, 5.74) is 5.74. The van der Waals surface area contributed by atoms with Gasteiger partial charge in [0, 0.05) is 31.2 Å². The summed E-state index contributed by atoms with van der Waals surface area (Å²) >= 11 is 0. The summed E-state index contributed by atoms with van der Waals surface area (Å²) in [7, 11) is -3.85. The van der Waals surface area contributed by atoms with Crippen molar-refractivity contribution < 1.29 is 13.2 Å². The van der Waals surface area contributed by atoms with E-state index in [1.165, 1.54) is 6.07 Å². The van der Waals surface area contributed by atoms with Gasteiger partial charge in [-0.15, -0.1) is 0 Å². The van der Waals surface area contributed by atoms with E-state index in [2.05, 4.69) is 10.3 Å². The highest BCUT2D eigenvalue weighted by Crippen LogP contribution is 2.25. The second-order valence-electron chi connectivity index (χ2n) is 5.07. The lowest BCUT2D eigenvalue weighted by atomic mass is 10.2. The van der Waals surface area contributed by atoms with E-state index < -0.39 is 22.0 Å². The predicted molar refractivity (Wildman–Crippen MR) is 81.5 cm³/mol. The maximum Gasteiger partial charge on any atom is 0.246 e. The Bertz CT molecular complexity index is 816. The Morgan fingerprint density at radius 2 is 2.09 bits per heavy atom. The van der Waals surface area contributed by atoms with Crippen LogP contribution in [0.1, 0.15) is 0 Å². The number of amides is 1. The van der Waals surface area contributed by atoms with E-state index in [1.54, 1.807) is 30.5 Å². The number of hydrogen-bond acceptors (Lipinski definition) is 5. The Kier molecular flexibility index (Phi) is 3.81. The highest BCUT2D eigenvalue weighted by Gasteiger charge is 2.37. The Morgan fingerprint density at radius 1 is 1.32 bits per heavy atom. The van der Waals surface area contributed by atoms with E-state index in [-0.39, 0.29) is 18.0 Å². The lowest BCUT2D eigenvalue weighted by Gasteiger charge is -2.33. The average Bonchev–Trinajstić information content (AvgIpc) is 2.54. The van der Waals surface area contributed by atoms with Crippen LogP contribution in [0.2, 0.25) is 0 Å². The molecule has 1 aliphatic rings. The van der Waals surface area contributed by atoms with Crippen molar-refractivity contribution in [2.45, 2.75) is 10.9 Å². The number of sulfonamides is 1. The molecule has 1 fully saturated rings. The molecule has 1 amide bonds. The molecule has 0 radical (unpaired) electrons. The number of piperazine rings is 1. The molecule has 1 unspecified atom stereocenters. The summed E-state index contributed by atoms with van der Waals surface area (Å²) in [6, 6.07) is 7.62. The first-order chi connectivity index (χ1) is 10.5. The van der Waals surface area contributed by atoms with Crippen LogP contribution in [-0.4, -0.2) is 49.3 Å². The highest BCUT2D eigenvalue weighted by molar-refractivity contribution is 7.89. The summed E-state index contributed by atoms with van der Waals surface area (Å²) in [5.74, 6) is -0.663. The van der Waals surface area contributed by atoms with Crippen molar-refractivity contribution in [2.75, 3.05) is 19.6 Å². The van der Waals surface area contributed by atoms with Crippen molar-refractivity contribution >= 4 is 26.8 Å². The number of carbonyl (C=O) groups excluding carboxylic acids is 1. The first-order valence-electron chi connectivity index (χ1n) is 6.87. The van der Waals surface area contributed by atoms with E-state index >= 15 is 0 Å². The van der Waals surface area contributed by atoms with Crippen LogP contribution in [0, 0.1) is 0 Å². The monoisotopic (exact) mass is 320 g/mol. The topological polar surface area (TPSA) is 105 Å². The van der Waals surface area contributed by atoms with Crippen LogP contribution in [0.5, 0.6) is 0 Å². The Morgan fingerprint density at radius 3 is 2.86 bits per heavy atom. The normalized spacial score (nSPS) is 20.1. The average molecular weight is 320 g/mol. The minimum Gasteiger partial charge on any atom is -0.368 e. The van der Waals surface area contributed by atoms with Gasteiger partial charge in [0.15, 0.2) is 0 Å². The molecule has 22 heavy (non-hydrogen) atoms. The van der Waals surface area contributed by atoms with Gasteiger partial charge in [-0.25, -0.2) is 8.42 Å². The van der Waals surface area contributed by atoms with Gasteiger partial charge < -0.3 is 11.1 Å². The van der Waals surface area contributed by atoms with Crippen molar-refractivity contribution in [3.63, 3.8) is 0 Å². The van der Waals surface area contributed by atoms with Crippen LogP contribution in [0.3, 0.4) is 0 Å². The second kappa shape index (κ2) is 5.64. The van der Waals surface area contributed by atoms with E-state index in [4.69, 9.17) is 5.73 Å². The van der Waals surface area contributed by atoms with Gasteiger partial charge in [-0.1, -0.05) is 18.2 Å². The van der Waals surface area contributed by atoms with Crippen LogP contribution in [-0.2, 0) is 14.8 Å². The van der Waals surface area contributed by atoms with Gasteiger partial charge in [-0.3, -0.25) is 9.78 Å². The van der Waals surface area contributed by atoms with Crippen molar-refractivity contribution in [1.29, 1.82) is 0 Å². The molecule has 0 aliphatic carbocycles. The second-order valence-corrected chi connectivity index (χ2v) is 6.93. The standard InChI is InChI=1S/C14H16N4O3S/c15-14(19)11-9-16-7-8-18(11)22(20,21)12-5-1-3-10-4-2-6-17-13(10)12/h1-6,11,16H,7-9H2,(H2,15,19). The molecule has 116 valence electrons. The summed E-state index contributed by atoms with van der Waals surface area (Å²) in [4.78, 5) is 15.8. The number of benzene rings is 1. The SMILES string of the molecule is NC(=O)C1CNCCN1S(=O)(=O)c1cccc2cccnc12. The van der Waals surface area contributed by atoms with Crippen LogP contribution in [0.4, 0.5) is 0 Å². The number of hydrogen-bond donors (Lipinski definition) is 2. The number of nitrogens with one attached hydrogen (secondary N) is 1. The smallest absolute Gasteiger partial charge is 0.246 e. The van der Waals surface area contributed by atoms with Crippen LogP contribution in [0.25, 0.3) is 10.9 Å². The molecule has 1 aromatic heterocycles. The molecule has 7 nitrogen and oxygen atoms in total. The lowest BCUT2D eigenvalue weighted by molar-refractivity contribution is -0.122. The first kappa shape index (κ1) is 14.9. The summed E-state index contributed by atoms with van der Waals surface area (Å²) in [5, 5.41) is 3.72.